The Balaban J connectivity index is 2.39. The first-order chi connectivity index (χ1) is 4.43. The van der Waals surface area contributed by atoms with Gasteiger partial charge in [0.2, 0.25) is 6.41 Å². The summed E-state index contributed by atoms with van der Waals surface area (Å²) in [4.78, 5) is 13.3. The molecule has 0 atom stereocenters. The van der Waals surface area contributed by atoms with Gasteiger partial charge in [0.1, 0.15) is 0 Å². The molecular formula is C6H9NO2. The maximum Gasteiger partial charge on any atom is 0.235 e. The van der Waals surface area contributed by atoms with Crippen molar-refractivity contribution in [1.82, 2.24) is 0 Å². The van der Waals surface area contributed by atoms with Crippen LogP contribution in [0.4, 0.5) is 0 Å². The van der Waals surface area contributed by atoms with E-state index in [0.717, 1.165) is 19.3 Å². The second-order valence-corrected chi connectivity index (χ2v) is 1.93. The van der Waals surface area contributed by atoms with Crippen molar-refractivity contribution in [3.05, 3.63) is 0 Å². The Kier molecular flexibility index (Phi) is 2.24. The summed E-state index contributed by atoms with van der Waals surface area (Å²) in [5.41, 5.74) is 0. The van der Waals surface area contributed by atoms with Gasteiger partial charge in [0.25, 0.3) is 0 Å². The molecule has 3 nitrogen and oxygen atoms in total. The van der Waals surface area contributed by atoms with Crippen molar-refractivity contribution in [1.29, 1.82) is 0 Å². The first-order valence-corrected chi connectivity index (χ1v) is 3.06. The zero-order valence-electron chi connectivity index (χ0n) is 5.17. The van der Waals surface area contributed by atoms with Crippen LogP contribution in [-0.4, -0.2) is 18.9 Å². The molecule has 1 amide bonds. The minimum Gasteiger partial charge on any atom is -0.481 e. The number of carbonyl (C=O) groups excluding carboxylic acids is 1. The molecular weight excluding hydrogens is 118 g/mol. The Morgan fingerprint density at radius 1 is 1.56 bits per heavy atom. The molecule has 0 spiro atoms. The second kappa shape index (κ2) is 3.22. The van der Waals surface area contributed by atoms with Crippen LogP contribution in [0.2, 0.25) is 0 Å². The summed E-state index contributed by atoms with van der Waals surface area (Å²) in [7, 11) is 0. The van der Waals surface area contributed by atoms with Gasteiger partial charge in [-0.15, -0.1) is 0 Å². The lowest BCUT2D eigenvalue weighted by molar-refractivity contribution is -0.106. The number of hydrogen-bond acceptors (Lipinski definition) is 2. The van der Waals surface area contributed by atoms with Crippen molar-refractivity contribution < 1.29 is 9.53 Å². The summed E-state index contributed by atoms with van der Waals surface area (Å²) < 4.78 is 5.04. The standard InChI is InChI=1S/C6H9NO2/c8-5-7-6-3-1-2-4-9-6/h5H,1-4H2. The van der Waals surface area contributed by atoms with E-state index in [1.807, 2.05) is 0 Å². The van der Waals surface area contributed by atoms with Crippen LogP contribution < -0.4 is 0 Å². The van der Waals surface area contributed by atoms with Gasteiger partial charge >= 0.3 is 0 Å². The third kappa shape index (κ3) is 1.83. The van der Waals surface area contributed by atoms with E-state index in [0.29, 0.717) is 18.9 Å². The topological polar surface area (TPSA) is 38.7 Å². The summed E-state index contributed by atoms with van der Waals surface area (Å²) in [5.74, 6) is 0.594. The van der Waals surface area contributed by atoms with Crippen LogP contribution in [-0.2, 0) is 9.53 Å². The molecule has 0 aromatic heterocycles. The number of rotatable bonds is 1. The zero-order valence-corrected chi connectivity index (χ0v) is 5.17. The van der Waals surface area contributed by atoms with E-state index in [1.54, 1.807) is 0 Å². The smallest absolute Gasteiger partial charge is 0.235 e. The lowest BCUT2D eigenvalue weighted by Crippen LogP contribution is -2.12. The highest BCUT2D eigenvalue weighted by atomic mass is 16.5. The molecule has 0 radical (unpaired) electrons. The Hall–Kier alpha value is -0.860. The maximum atomic E-state index is 9.81. The molecule has 1 fully saturated rings. The summed E-state index contributed by atoms with van der Waals surface area (Å²) >= 11 is 0. The number of amides is 1. The molecule has 3 heteroatoms. The first-order valence-electron chi connectivity index (χ1n) is 3.06. The SMILES string of the molecule is O=CN=C1CCCCO1. The van der Waals surface area contributed by atoms with Gasteiger partial charge in [-0.1, -0.05) is 0 Å². The molecule has 0 aromatic carbocycles. The fraction of sp³-hybridized carbons (Fsp3) is 0.667. The summed E-state index contributed by atoms with van der Waals surface area (Å²) in [6.07, 6.45) is 3.52. The van der Waals surface area contributed by atoms with E-state index in [-0.39, 0.29) is 0 Å². The zero-order chi connectivity index (χ0) is 6.53. The van der Waals surface area contributed by atoms with E-state index in [1.165, 1.54) is 0 Å². The molecule has 0 bridgehead atoms. The summed E-state index contributed by atoms with van der Waals surface area (Å²) in [6.45, 7) is 0.715. The van der Waals surface area contributed by atoms with Gasteiger partial charge in [-0.3, -0.25) is 4.79 Å². The summed E-state index contributed by atoms with van der Waals surface area (Å²) in [6, 6.07) is 0. The van der Waals surface area contributed by atoms with Crippen LogP contribution in [0.25, 0.3) is 0 Å². The molecule has 0 unspecified atom stereocenters. The van der Waals surface area contributed by atoms with E-state index in [9.17, 15) is 4.79 Å². The van der Waals surface area contributed by atoms with Gasteiger partial charge in [0.15, 0.2) is 5.90 Å². The molecule has 0 aromatic rings. The normalized spacial score (nSPS) is 23.3. The summed E-state index contributed by atoms with van der Waals surface area (Å²) in [5, 5.41) is 0. The van der Waals surface area contributed by atoms with E-state index < -0.39 is 0 Å². The van der Waals surface area contributed by atoms with Gasteiger partial charge in [-0.25, -0.2) is 0 Å². The molecule has 1 rings (SSSR count). The van der Waals surface area contributed by atoms with Crippen molar-refractivity contribution >= 4 is 12.3 Å². The lowest BCUT2D eigenvalue weighted by Gasteiger charge is -2.12. The van der Waals surface area contributed by atoms with Gasteiger partial charge in [0.05, 0.1) is 6.61 Å². The van der Waals surface area contributed by atoms with Crippen LogP contribution >= 0.6 is 0 Å². The van der Waals surface area contributed by atoms with Gasteiger partial charge < -0.3 is 4.74 Å². The molecule has 1 aliphatic rings. The molecule has 1 heterocycles. The minimum absolute atomic E-state index is 0.528. The molecule has 0 saturated carbocycles. The fourth-order valence-electron chi connectivity index (χ4n) is 0.801. The van der Waals surface area contributed by atoms with Gasteiger partial charge in [-0.05, 0) is 12.8 Å². The molecule has 0 aliphatic carbocycles. The largest absolute Gasteiger partial charge is 0.481 e. The number of aliphatic imine (C=N–C) groups is 1. The predicted octanol–water partition coefficient (Wildman–Crippen LogP) is 0.742. The Morgan fingerprint density at radius 2 is 2.44 bits per heavy atom. The lowest BCUT2D eigenvalue weighted by atomic mass is 10.2. The van der Waals surface area contributed by atoms with Crippen LogP contribution in [0.3, 0.4) is 0 Å². The van der Waals surface area contributed by atoms with Crippen molar-refractivity contribution in [2.75, 3.05) is 6.61 Å². The first kappa shape index (κ1) is 6.26. The van der Waals surface area contributed by atoms with Crippen LogP contribution in [0.1, 0.15) is 19.3 Å². The highest BCUT2D eigenvalue weighted by Crippen LogP contribution is 2.06. The minimum atomic E-state index is 0.528. The predicted molar refractivity (Wildman–Crippen MR) is 33.3 cm³/mol. The molecule has 9 heavy (non-hydrogen) atoms. The Labute approximate surface area is 53.7 Å². The molecule has 50 valence electrons. The van der Waals surface area contributed by atoms with E-state index in [2.05, 4.69) is 4.99 Å². The van der Waals surface area contributed by atoms with Crippen molar-refractivity contribution in [2.45, 2.75) is 19.3 Å². The number of hydrogen-bond donors (Lipinski definition) is 0. The average molecular weight is 127 g/mol. The van der Waals surface area contributed by atoms with Crippen LogP contribution in [0, 0.1) is 0 Å². The van der Waals surface area contributed by atoms with Crippen LogP contribution in [0.5, 0.6) is 0 Å². The highest BCUT2D eigenvalue weighted by Gasteiger charge is 2.05. The average Bonchev–Trinajstić information content (AvgIpc) is 1.91. The third-order valence-corrected chi connectivity index (χ3v) is 1.25. The monoisotopic (exact) mass is 127 g/mol. The van der Waals surface area contributed by atoms with E-state index >= 15 is 0 Å². The Morgan fingerprint density at radius 3 is 3.00 bits per heavy atom. The van der Waals surface area contributed by atoms with Crippen molar-refractivity contribution in [3.63, 3.8) is 0 Å². The number of nitrogens with zero attached hydrogens (tertiary/aromatic N) is 1. The maximum absolute atomic E-state index is 9.81. The van der Waals surface area contributed by atoms with Gasteiger partial charge in [-0.2, -0.15) is 4.99 Å². The quantitative estimate of drug-likeness (QED) is 0.487. The molecule has 1 aliphatic heterocycles. The molecule has 1 saturated heterocycles. The third-order valence-electron chi connectivity index (χ3n) is 1.25. The highest BCUT2D eigenvalue weighted by molar-refractivity contribution is 5.83. The van der Waals surface area contributed by atoms with Gasteiger partial charge in [0, 0.05) is 6.42 Å². The van der Waals surface area contributed by atoms with E-state index in [4.69, 9.17) is 4.74 Å². The van der Waals surface area contributed by atoms with Crippen molar-refractivity contribution in [2.24, 2.45) is 4.99 Å². The number of ether oxygens (including phenoxy) is 1. The molecule has 0 N–H and O–H groups in total. The van der Waals surface area contributed by atoms with Crippen molar-refractivity contribution in [3.8, 4) is 0 Å². The fourth-order valence-corrected chi connectivity index (χ4v) is 0.801. The Bertz CT molecular complexity index is 123. The van der Waals surface area contributed by atoms with Crippen LogP contribution in [0.15, 0.2) is 4.99 Å². The number of carbonyl (C=O) groups is 1. The second-order valence-electron chi connectivity index (χ2n) is 1.93.